The molecule has 8 nitrogen and oxygen atoms in total. The van der Waals surface area contributed by atoms with Crippen LogP contribution < -0.4 is 49.6 Å². The first-order valence-electron chi connectivity index (χ1n) is 0. The van der Waals surface area contributed by atoms with Crippen molar-refractivity contribution >= 4 is 0 Å². The van der Waals surface area contributed by atoms with Gasteiger partial charge >= 0.3 is 26.2 Å². The van der Waals surface area contributed by atoms with Gasteiger partial charge in [0.1, 0.15) is 0 Å². The SMILES string of the molecule is O.O.O.O.O.O.O.O.[Cl-].[Cl-].[Cl-].[Cl-].[Zr+4]. The van der Waals surface area contributed by atoms with Gasteiger partial charge in [-0.25, -0.2) is 0 Å². The third-order valence-corrected chi connectivity index (χ3v) is 0. The molecule has 0 unspecified atom stereocenters. The summed E-state index contributed by atoms with van der Waals surface area (Å²) in [6.07, 6.45) is 0. The van der Waals surface area contributed by atoms with Crippen LogP contribution in [-0.4, -0.2) is 43.8 Å². The Hall–Kier alpha value is 1.72. The molecular formula is H16Cl4O8Zr. The van der Waals surface area contributed by atoms with E-state index in [0.717, 1.165) is 0 Å². The van der Waals surface area contributed by atoms with Gasteiger partial charge in [0.2, 0.25) is 0 Å². The van der Waals surface area contributed by atoms with Gasteiger partial charge in [-0.1, -0.05) is 0 Å². The van der Waals surface area contributed by atoms with E-state index < -0.39 is 0 Å². The Kier molecular flexibility index (Phi) is 53700. The van der Waals surface area contributed by atoms with E-state index in [1.165, 1.54) is 0 Å². The number of hydrogen-bond donors (Lipinski definition) is 0. The van der Waals surface area contributed by atoms with Crippen LogP contribution in [0, 0.1) is 0 Å². The van der Waals surface area contributed by atoms with Gasteiger partial charge in [-0.05, 0) is 0 Å². The summed E-state index contributed by atoms with van der Waals surface area (Å²) in [5.74, 6) is 0. The first-order valence-corrected chi connectivity index (χ1v) is 0. The molecule has 0 fully saturated rings. The second kappa shape index (κ2) is 748. The number of hydrogen-bond acceptors (Lipinski definition) is 0. The zero-order valence-electron chi connectivity index (χ0n) is 6.01. The largest absolute Gasteiger partial charge is 4.00 e. The fourth-order valence-electron chi connectivity index (χ4n) is 0. The summed E-state index contributed by atoms with van der Waals surface area (Å²) in [5.41, 5.74) is 0. The Labute approximate surface area is 119 Å². The molecule has 0 saturated heterocycles. The van der Waals surface area contributed by atoms with E-state index in [1.807, 2.05) is 0 Å². The van der Waals surface area contributed by atoms with Crippen LogP contribution in [-0.2, 0) is 26.2 Å². The molecule has 0 aliphatic heterocycles. The van der Waals surface area contributed by atoms with Gasteiger partial charge in [-0.2, -0.15) is 0 Å². The molecule has 0 rings (SSSR count). The minimum atomic E-state index is 0. The van der Waals surface area contributed by atoms with Gasteiger partial charge in [0.05, 0.1) is 0 Å². The smallest absolute Gasteiger partial charge is 1.00 e. The van der Waals surface area contributed by atoms with E-state index in [0.29, 0.717) is 0 Å². The molecule has 0 aromatic heterocycles. The first kappa shape index (κ1) is 934. The molecular weight excluding hydrogens is 361 g/mol. The summed E-state index contributed by atoms with van der Waals surface area (Å²) in [7, 11) is 0. The van der Waals surface area contributed by atoms with Gasteiger partial charge in [0, 0.05) is 0 Å². The summed E-state index contributed by atoms with van der Waals surface area (Å²) in [6.45, 7) is 0. The van der Waals surface area contributed by atoms with Gasteiger partial charge in [-0.3, -0.25) is 0 Å². The Morgan fingerprint density at radius 3 is 0.231 bits per heavy atom. The van der Waals surface area contributed by atoms with E-state index in [2.05, 4.69) is 0 Å². The molecule has 0 aliphatic carbocycles. The Balaban J connectivity index is 0. The summed E-state index contributed by atoms with van der Waals surface area (Å²) in [6, 6.07) is 0. The average molecular weight is 377 g/mol. The Morgan fingerprint density at radius 1 is 0.231 bits per heavy atom. The number of rotatable bonds is 0. The van der Waals surface area contributed by atoms with Gasteiger partial charge in [0.25, 0.3) is 0 Å². The Bertz CT molecular complexity index is 16.1. The molecule has 0 heterocycles. The Morgan fingerprint density at radius 2 is 0.231 bits per heavy atom. The molecule has 13 heteroatoms. The molecule has 0 bridgehead atoms. The van der Waals surface area contributed by atoms with E-state index >= 15 is 0 Å². The maximum Gasteiger partial charge on any atom is 4.00 e. The fraction of sp³-hybridized carbons (Fsp3) is 0. The third kappa shape index (κ3) is 635. The van der Waals surface area contributed by atoms with Crippen molar-refractivity contribution in [2.24, 2.45) is 0 Å². The van der Waals surface area contributed by atoms with Crippen molar-refractivity contribution in [1.29, 1.82) is 0 Å². The second-order valence-electron chi connectivity index (χ2n) is 0. The average Bonchev–Trinajstić information content (AvgIpc) is 0. The van der Waals surface area contributed by atoms with Crippen molar-refractivity contribution in [3.05, 3.63) is 0 Å². The van der Waals surface area contributed by atoms with Crippen LogP contribution in [0.5, 0.6) is 0 Å². The van der Waals surface area contributed by atoms with Gasteiger partial charge in [0.15, 0.2) is 0 Å². The molecule has 0 aromatic carbocycles. The van der Waals surface area contributed by atoms with Gasteiger partial charge in [-0.15, -0.1) is 0 Å². The van der Waals surface area contributed by atoms with Crippen molar-refractivity contribution < 1.29 is 120 Å². The maximum atomic E-state index is 0. The molecule has 0 aromatic rings. The summed E-state index contributed by atoms with van der Waals surface area (Å²) >= 11 is 0. The van der Waals surface area contributed by atoms with Crippen LogP contribution in [0.1, 0.15) is 0 Å². The van der Waals surface area contributed by atoms with Crippen molar-refractivity contribution in [3.63, 3.8) is 0 Å². The molecule has 16 N–H and O–H groups in total. The summed E-state index contributed by atoms with van der Waals surface area (Å²) in [5, 5.41) is 0. The standard InChI is InChI=1S/4ClH.8H2O.Zr/h4*1H;8*1H2;/q;;;;;;;;;;;;+4/p-4. The number of halogens is 4. The summed E-state index contributed by atoms with van der Waals surface area (Å²) in [4.78, 5) is 0. The van der Waals surface area contributed by atoms with Crippen LogP contribution in [0.2, 0.25) is 0 Å². The summed E-state index contributed by atoms with van der Waals surface area (Å²) < 4.78 is 0. The monoisotopic (exact) mass is 374 g/mol. The third-order valence-electron chi connectivity index (χ3n) is 0. The van der Waals surface area contributed by atoms with Crippen LogP contribution in [0.4, 0.5) is 0 Å². The zero-order valence-corrected chi connectivity index (χ0v) is 11.5. The maximum absolute atomic E-state index is 0. The zero-order chi connectivity index (χ0) is 0. The predicted octanol–water partition coefficient (Wildman–Crippen LogP) is -18.6. The molecule has 96 valence electrons. The molecule has 0 radical (unpaired) electrons. The van der Waals surface area contributed by atoms with Crippen molar-refractivity contribution in [1.82, 2.24) is 0 Å². The molecule has 0 saturated carbocycles. The quantitative estimate of drug-likeness (QED) is 0.381. The minimum Gasteiger partial charge on any atom is -1.00 e. The van der Waals surface area contributed by atoms with Gasteiger partial charge < -0.3 is 93.4 Å². The van der Waals surface area contributed by atoms with E-state index in [-0.39, 0.29) is 120 Å². The second-order valence-corrected chi connectivity index (χ2v) is 0. The van der Waals surface area contributed by atoms with Crippen molar-refractivity contribution in [2.75, 3.05) is 0 Å². The molecule has 0 amide bonds. The van der Waals surface area contributed by atoms with Crippen LogP contribution >= 0.6 is 0 Å². The predicted molar refractivity (Wildman–Crippen MR) is 28.9 cm³/mol. The van der Waals surface area contributed by atoms with E-state index in [4.69, 9.17) is 0 Å². The van der Waals surface area contributed by atoms with Crippen LogP contribution in [0.3, 0.4) is 0 Å². The first-order chi connectivity index (χ1) is 0. The van der Waals surface area contributed by atoms with Crippen molar-refractivity contribution in [2.45, 2.75) is 0 Å². The normalized spacial score (nSPS) is 0. The minimum absolute atomic E-state index is 0. The molecule has 0 aliphatic rings. The molecule has 0 atom stereocenters. The van der Waals surface area contributed by atoms with Crippen molar-refractivity contribution in [3.8, 4) is 0 Å². The van der Waals surface area contributed by atoms with E-state index in [9.17, 15) is 0 Å². The molecule has 13 heavy (non-hydrogen) atoms. The fourth-order valence-corrected chi connectivity index (χ4v) is 0. The van der Waals surface area contributed by atoms with Crippen LogP contribution in [0.15, 0.2) is 0 Å². The van der Waals surface area contributed by atoms with Crippen LogP contribution in [0.25, 0.3) is 0 Å². The topological polar surface area (TPSA) is 252 Å². The molecule has 0 spiro atoms. The van der Waals surface area contributed by atoms with E-state index in [1.54, 1.807) is 0 Å².